The van der Waals surface area contributed by atoms with E-state index in [-0.39, 0.29) is 11.9 Å². The number of fused-ring (bicyclic) bond motifs is 1. The van der Waals surface area contributed by atoms with Gasteiger partial charge in [0, 0.05) is 23.9 Å². The summed E-state index contributed by atoms with van der Waals surface area (Å²) in [7, 11) is 4.10. The lowest BCUT2D eigenvalue weighted by Crippen LogP contribution is -2.27. The molecule has 0 aliphatic carbocycles. The Labute approximate surface area is 126 Å². The van der Waals surface area contributed by atoms with E-state index in [2.05, 4.69) is 22.5 Å². The smallest absolute Gasteiger partial charge is 0.246 e. The summed E-state index contributed by atoms with van der Waals surface area (Å²) in [5, 5.41) is 6.18. The molecule has 1 atom stereocenters. The summed E-state index contributed by atoms with van der Waals surface area (Å²) in [6, 6.07) is 5.59. The van der Waals surface area contributed by atoms with Gasteiger partial charge in [-0.3, -0.25) is 4.79 Å². The van der Waals surface area contributed by atoms with Crippen molar-refractivity contribution in [2.24, 2.45) is 0 Å². The van der Waals surface area contributed by atoms with Crippen LogP contribution in [0.1, 0.15) is 31.4 Å². The molecular weight excluding hydrogens is 266 g/mol. The number of carbonyl (C=O) groups is 1. The molecule has 0 fully saturated rings. The largest absolute Gasteiger partial charge is 0.493 e. The standard InChI is InChI=1S/C16H25N3O2/c1-4-8-17-15-13-7-6-12(11-14(13)18-16(15)20)21-10-5-9-19(2)3/h6-7,11,15,17H,4-5,8-10H2,1-3H3,(H,18,20). The van der Waals surface area contributed by atoms with Gasteiger partial charge in [-0.25, -0.2) is 0 Å². The number of ether oxygens (including phenoxy) is 1. The van der Waals surface area contributed by atoms with Crippen LogP contribution in [0, 0.1) is 0 Å². The fourth-order valence-corrected chi connectivity index (χ4v) is 2.39. The normalized spacial score (nSPS) is 17.0. The molecule has 0 radical (unpaired) electrons. The highest BCUT2D eigenvalue weighted by molar-refractivity contribution is 6.02. The number of hydrogen-bond donors (Lipinski definition) is 2. The first-order valence-electron chi connectivity index (χ1n) is 7.57. The second kappa shape index (κ2) is 7.43. The number of nitrogens with zero attached hydrogens (tertiary/aromatic N) is 1. The van der Waals surface area contributed by atoms with E-state index in [1.54, 1.807) is 0 Å². The van der Waals surface area contributed by atoms with Gasteiger partial charge in [0.2, 0.25) is 5.91 Å². The Kier molecular flexibility index (Phi) is 5.59. The monoisotopic (exact) mass is 291 g/mol. The van der Waals surface area contributed by atoms with Gasteiger partial charge < -0.3 is 20.3 Å². The van der Waals surface area contributed by atoms with Gasteiger partial charge in [-0.1, -0.05) is 13.0 Å². The lowest BCUT2D eigenvalue weighted by atomic mass is 10.1. The molecule has 2 rings (SSSR count). The molecule has 1 aromatic carbocycles. The fraction of sp³-hybridized carbons (Fsp3) is 0.562. The van der Waals surface area contributed by atoms with Crippen molar-refractivity contribution in [3.8, 4) is 5.75 Å². The second-order valence-electron chi connectivity index (χ2n) is 5.63. The van der Waals surface area contributed by atoms with Crippen molar-refractivity contribution in [3.05, 3.63) is 23.8 Å². The Morgan fingerprint density at radius 3 is 2.90 bits per heavy atom. The van der Waals surface area contributed by atoms with Crippen LogP contribution in [0.2, 0.25) is 0 Å². The van der Waals surface area contributed by atoms with Crippen molar-refractivity contribution >= 4 is 11.6 Å². The molecule has 116 valence electrons. The van der Waals surface area contributed by atoms with E-state index in [1.165, 1.54) is 0 Å². The summed E-state index contributed by atoms with van der Waals surface area (Å²) in [5.74, 6) is 0.826. The summed E-state index contributed by atoms with van der Waals surface area (Å²) < 4.78 is 5.73. The molecule has 5 nitrogen and oxygen atoms in total. The molecule has 0 saturated heterocycles. The number of rotatable bonds is 8. The minimum Gasteiger partial charge on any atom is -0.493 e. The van der Waals surface area contributed by atoms with Crippen molar-refractivity contribution in [3.63, 3.8) is 0 Å². The molecule has 1 heterocycles. The highest BCUT2D eigenvalue weighted by Gasteiger charge is 2.29. The zero-order chi connectivity index (χ0) is 15.2. The minimum atomic E-state index is -0.234. The maximum atomic E-state index is 12.0. The number of benzene rings is 1. The third kappa shape index (κ3) is 4.19. The lowest BCUT2D eigenvalue weighted by Gasteiger charge is -2.12. The first-order chi connectivity index (χ1) is 10.1. The molecule has 2 N–H and O–H groups in total. The SMILES string of the molecule is CCCNC1C(=O)Nc2cc(OCCCN(C)C)ccc21. The Balaban J connectivity index is 1.94. The molecule has 1 unspecified atom stereocenters. The molecule has 0 aromatic heterocycles. The Morgan fingerprint density at radius 1 is 1.38 bits per heavy atom. The average Bonchev–Trinajstić information content (AvgIpc) is 2.76. The highest BCUT2D eigenvalue weighted by atomic mass is 16.5. The molecule has 1 aromatic rings. The van der Waals surface area contributed by atoms with Gasteiger partial charge in [0.1, 0.15) is 11.8 Å². The zero-order valence-electron chi connectivity index (χ0n) is 13.1. The second-order valence-corrected chi connectivity index (χ2v) is 5.63. The van der Waals surface area contributed by atoms with Crippen molar-refractivity contribution in [2.45, 2.75) is 25.8 Å². The minimum absolute atomic E-state index is 0.0169. The van der Waals surface area contributed by atoms with Crippen LogP contribution >= 0.6 is 0 Å². The van der Waals surface area contributed by atoms with Gasteiger partial charge in [-0.05, 0) is 39.5 Å². The molecule has 5 heteroatoms. The van der Waals surface area contributed by atoms with Crippen LogP contribution in [0.25, 0.3) is 0 Å². The predicted octanol–water partition coefficient (Wildman–Crippen LogP) is 2.01. The van der Waals surface area contributed by atoms with E-state index in [9.17, 15) is 4.79 Å². The molecule has 1 aliphatic heterocycles. The average molecular weight is 291 g/mol. The third-order valence-electron chi connectivity index (χ3n) is 3.47. The summed E-state index contributed by atoms with van der Waals surface area (Å²) in [6.07, 6.45) is 1.99. The molecule has 0 spiro atoms. The van der Waals surface area contributed by atoms with E-state index >= 15 is 0 Å². The van der Waals surface area contributed by atoms with E-state index in [0.717, 1.165) is 42.9 Å². The molecule has 1 amide bonds. The molecule has 0 bridgehead atoms. The van der Waals surface area contributed by atoms with Crippen LogP contribution in [0.5, 0.6) is 5.75 Å². The predicted molar refractivity (Wildman–Crippen MR) is 84.8 cm³/mol. The quantitative estimate of drug-likeness (QED) is 0.719. The third-order valence-corrected chi connectivity index (χ3v) is 3.47. The Hall–Kier alpha value is -1.59. The fourth-order valence-electron chi connectivity index (χ4n) is 2.39. The van der Waals surface area contributed by atoms with Gasteiger partial charge in [-0.15, -0.1) is 0 Å². The number of anilines is 1. The summed E-state index contributed by atoms with van der Waals surface area (Å²) in [6.45, 7) is 4.61. The van der Waals surface area contributed by atoms with Crippen LogP contribution in [-0.4, -0.2) is 44.6 Å². The number of amides is 1. The Bertz CT molecular complexity index is 488. The lowest BCUT2D eigenvalue weighted by molar-refractivity contribution is -0.117. The van der Waals surface area contributed by atoms with Gasteiger partial charge in [0.25, 0.3) is 0 Å². The van der Waals surface area contributed by atoms with E-state index < -0.39 is 0 Å². The van der Waals surface area contributed by atoms with Crippen molar-refractivity contribution in [1.82, 2.24) is 10.2 Å². The summed E-state index contributed by atoms with van der Waals surface area (Å²) in [5.41, 5.74) is 1.87. The van der Waals surface area contributed by atoms with Gasteiger partial charge >= 0.3 is 0 Å². The maximum absolute atomic E-state index is 12.0. The van der Waals surface area contributed by atoms with Crippen molar-refractivity contribution < 1.29 is 9.53 Å². The van der Waals surface area contributed by atoms with Crippen LogP contribution < -0.4 is 15.4 Å². The molecular formula is C16H25N3O2. The van der Waals surface area contributed by atoms with Crippen molar-refractivity contribution in [2.75, 3.05) is 39.1 Å². The summed E-state index contributed by atoms with van der Waals surface area (Å²) in [4.78, 5) is 14.1. The van der Waals surface area contributed by atoms with E-state index in [4.69, 9.17) is 4.74 Å². The van der Waals surface area contributed by atoms with E-state index in [0.29, 0.717) is 6.61 Å². The number of carbonyl (C=O) groups excluding carboxylic acids is 1. The van der Waals surface area contributed by atoms with Crippen LogP contribution in [0.15, 0.2) is 18.2 Å². The first kappa shape index (κ1) is 15.8. The van der Waals surface area contributed by atoms with Crippen LogP contribution in [0.4, 0.5) is 5.69 Å². The first-order valence-corrected chi connectivity index (χ1v) is 7.57. The number of nitrogens with one attached hydrogen (secondary N) is 2. The van der Waals surface area contributed by atoms with Crippen LogP contribution in [0.3, 0.4) is 0 Å². The molecule has 21 heavy (non-hydrogen) atoms. The van der Waals surface area contributed by atoms with Crippen LogP contribution in [-0.2, 0) is 4.79 Å². The molecule has 1 aliphatic rings. The van der Waals surface area contributed by atoms with Gasteiger partial charge in [0.05, 0.1) is 6.61 Å². The van der Waals surface area contributed by atoms with Gasteiger partial charge in [0.15, 0.2) is 0 Å². The zero-order valence-corrected chi connectivity index (χ0v) is 13.1. The highest BCUT2D eigenvalue weighted by Crippen LogP contribution is 2.33. The van der Waals surface area contributed by atoms with E-state index in [1.807, 2.05) is 32.3 Å². The van der Waals surface area contributed by atoms with Gasteiger partial charge in [-0.2, -0.15) is 0 Å². The van der Waals surface area contributed by atoms with Crippen molar-refractivity contribution in [1.29, 1.82) is 0 Å². The maximum Gasteiger partial charge on any atom is 0.246 e. The topological polar surface area (TPSA) is 53.6 Å². The Morgan fingerprint density at radius 2 is 2.19 bits per heavy atom. The summed E-state index contributed by atoms with van der Waals surface area (Å²) >= 11 is 0. The molecule has 0 saturated carbocycles. The number of hydrogen-bond acceptors (Lipinski definition) is 4.